The third kappa shape index (κ3) is 3.37. The van der Waals surface area contributed by atoms with Crippen molar-refractivity contribution in [3.05, 3.63) is 76.6 Å². The van der Waals surface area contributed by atoms with Gasteiger partial charge >= 0.3 is 0 Å². The van der Waals surface area contributed by atoms with Gasteiger partial charge < -0.3 is 9.84 Å². The molecule has 2 aromatic carbocycles. The van der Waals surface area contributed by atoms with Gasteiger partial charge in [0.15, 0.2) is 0 Å². The van der Waals surface area contributed by atoms with E-state index < -0.39 is 0 Å². The third-order valence-corrected chi connectivity index (χ3v) is 4.80. The number of anilines is 1. The number of carbonyl (C=O) groups excluding carboxylic acids is 1. The van der Waals surface area contributed by atoms with Crippen LogP contribution in [0.1, 0.15) is 10.4 Å². The zero-order chi connectivity index (χ0) is 17.9. The number of nitrogens with zero attached hydrogens (tertiary/aromatic N) is 2. The number of hydrogen-bond donors (Lipinski definition) is 1. The minimum absolute atomic E-state index is 0.243. The van der Waals surface area contributed by atoms with Crippen molar-refractivity contribution < 1.29 is 9.32 Å². The molecule has 0 fully saturated rings. The van der Waals surface area contributed by atoms with Crippen molar-refractivity contribution in [1.29, 1.82) is 0 Å². The van der Waals surface area contributed by atoms with E-state index in [0.717, 1.165) is 4.88 Å². The minimum Gasteiger partial charge on any atom is -0.334 e. The summed E-state index contributed by atoms with van der Waals surface area (Å²) >= 11 is 7.40. The molecule has 0 bridgehead atoms. The largest absolute Gasteiger partial charge is 0.334 e. The molecular weight excluding hydrogens is 370 g/mol. The summed E-state index contributed by atoms with van der Waals surface area (Å²) in [4.78, 5) is 17.8. The maximum Gasteiger partial charge on any atom is 0.260 e. The number of hydrogen-bond acceptors (Lipinski definition) is 5. The van der Waals surface area contributed by atoms with Crippen LogP contribution in [-0.4, -0.2) is 16.0 Å². The molecule has 0 spiro atoms. The highest BCUT2D eigenvalue weighted by Crippen LogP contribution is 2.30. The normalized spacial score (nSPS) is 10.7. The predicted molar refractivity (Wildman–Crippen MR) is 102 cm³/mol. The van der Waals surface area contributed by atoms with E-state index in [1.807, 2.05) is 35.7 Å². The van der Waals surface area contributed by atoms with Gasteiger partial charge in [0.1, 0.15) is 0 Å². The third-order valence-electron chi connectivity index (χ3n) is 3.68. The number of benzene rings is 2. The summed E-state index contributed by atoms with van der Waals surface area (Å²) in [5.74, 6) is 0.626. The summed E-state index contributed by atoms with van der Waals surface area (Å²) in [6.07, 6.45) is 0. The van der Waals surface area contributed by atoms with Crippen molar-refractivity contribution >= 4 is 34.5 Å². The van der Waals surface area contributed by atoms with Gasteiger partial charge in [-0.1, -0.05) is 35.0 Å². The van der Waals surface area contributed by atoms with Crippen molar-refractivity contribution in [3.63, 3.8) is 0 Å². The number of aromatic nitrogens is 2. The van der Waals surface area contributed by atoms with E-state index in [-0.39, 0.29) is 5.91 Å². The highest BCUT2D eigenvalue weighted by molar-refractivity contribution is 7.13. The first-order valence-corrected chi connectivity index (χ1v) is 9.00. The Balaban J connectivity index is 1.63. The van der Waals surface area contributed by atoms with Crippen LogP contribution in [-0.2, 0) is 0 Å². The minimum atomic E-state index is -0.243. The number of halogens is 1. The van der Waals surface area contributed by atoms with Gasteiger partial charge in [-0.2, -0.15) is 4.98 Å². The van der Waals surface area contributed by atoms with E-state index in [1.165, 1.54) is 11.3 Å². The van der Waals surface area contributed by atoms with Gasteiger partial charge in [-0.25, -0.2) is 0 Å². The Bertz CT molecular complexity index is 1040. The quantitative estimate of drug-likeness (QED) is 0.516. The molecule has 1 amide bonds. The van der Waals surface area contributed by atoms with Crippen molar-refractivity contribution in [2.24, 2.45) is 0 Å². The summed E-state index contributed by atoms with van der Waals surface area (Å²) in [7, 11) is 0. The Kier molecular flexibility index (Phi) is 4.51. The molecule has 128 valence electrons. The molecule has 5 nitrogen and oxygen atoms in total. The van der Waals surface area contributed by atoms with Crippen LogP contribution in [0.4, 0.5) is 5.69 Å². The van der Waals surface area contributed by atoms with E-state index >= 15 is 0 Å². The first-order valence-electron chi connectivity index (χ1n) is 7.74. The van der Waals surface area contributed by atoms with Crippen LogP contribution in [0.25, 0.3) is 22.2 Å². The van der Waals surface area contributed by atoms with Crippen LogP contribution in [0.3, 0.4) is 0 Å². The van der Waals surface area contributed by atoms with E-state index in [1.54, 1.807) is 30.3 Å². The van der Waals surface area contributed by atoms with Crippen molar-refractivity contribution in [3.8, 4) is 22.2 Å². The first-order chi connectivity index (χ1) is 12.7. The standard InChI is InChI=1S/C19H12ClN3O2S/c20-13-9-7-12(8-10-13)18(24)21-15-5-2-1-4-14(15)19-22-17(23-25-19)16-6-3-11-26-16/h1-11H,(H,21,24). The van der Waals surface area contributed by atoms with Crippen LogP contribution >= 0.6 is 22.9 Å². The SMILES string of the molecule is O=C(Nc1ccccc1-c1nc(-c2cccs2)no1)c1ccc(Cl)cc1. The number of nitrogens with one attached hydrogen (secondary N) is 1. The second kappa shape index (κ2) is 7.11. The molecule has 4 aromatic rings. The van der Waals surface area contributed by atoms with Crippen LogP contribution in [0.2, 0.25) is 5.02 Å². The predicted octanol–water partition coefficient (Wildman–Crippen LogP) is 5.37. The monoisotopic (exact) mass is 381 g/mol. The lowest BCUT2D eigenvalue weighted by molar-refractivity contribution is 0.102. The molecule has 0 saturated heterocycles. The number of thiophene rings is 1. The Hall–Kier alpha value is -2.96. The molecule has 1 N–H and O–H groups in total. The van der Waals surface area contributed by atoms with Gasteiger partial charge in [-0.15, -0.1) is 11.3 Å². The molecule has 0 aliphatic rings. The second-order valence-electron chi connectivity index (χ2n) is 5.41. The number of rotatable bonds is 4. The van der Waals surface area contributed by atoms with Gasteiger partial charge in [0.05, 0.1) is 16.1 Å². The second-order valence-corrected chi connectivity index (χ2v) is 6.79. The van der Waals surface area contributed by atoms with Crippen LogP contribution in [0.5, 0.6) is 0 Å². The lowest BCUT2D eigenvalue weighted by Gasteiger charge is -2.08. The van der Waals surface area contributed by atoms with Gasteiger partial charge in [0.25, 0.3) is 11.8 Å². The van der Waals surface area contributed by atoms with E-state index in [9.17, 15) is 4.79 Å². The fourth-order valence-corrected chi connectivity index (χ4v) is 3.19. The molecular formula is C19H12ClN3O2S. The highest BCUT2D eigenvalue weighted by Gasteiger charge is 2.16. The lowest BCUT2D eigenvalue weighted by atomic mass is 10.1. The molecule has 0 aliphatic carbocycles. The summed E-state index contributed by atoms with van der Waals surface area (Å²) in [6.45, 7) is 0. The maximum absolute atomic E-state index is 12.5. The summed E-state index contributed by atoms with van der Waals surface area (Å²) in [5, 5.41) is 9.43. The van der Waals surface area contributed by atoms with Gasteiger partial charge in [0, 0.05) is 10.6 Å². The van der Waals surface area contributed by atoms with Crippen LogP contribution < -0.4 is 5.32 Å². The van der Waals surface area contributed by atoms with Gasteiger partial charge in [-0.3, -0.25) is 4.79 Å². The Labute approximate surface area is 158 Å². The Morgan fingerprint density at radius 2 is 1.85 bits per heavy atom. The van der Waals surface area contributed by atoms with Gasteiger partial charge in [-0.05, 0) is 47.8 Å². The molecule has 2 heterocycles. The molecule has 2 aromatic heterocycles. The molecule has 0 saturated carbocycles. The summed E-state index contributed by atoms with van der Waals surface area (Å²) in [5.41, 5.74) is 1.76. The van der Waals surface area contributed by atoms with Crippen LogP contribution in [0.15, 0.2) is 70.6 Å². The summed E-state index contributed by atoms with van der Waals surface area (Å²) in [6, 6.07) is 17.8. The molecule has 0 atom stereocenters. The van der Waals surface area contributed by atoms with E-state index in [4.69, 9.17) is 16.1 Å². The van der Waals surface area contributed by atoms with Gasteiger partial charge in [0.2, 0.25) is 5.82 Å². The lowest BCUT2D eigenvalue weighted by Crippen LogP contribution is -2.12. The first kappa shape index (κ1) is 16.5. The number of amides is 1. The highest BCUT2D eigenvalue weighted by atomic mass is 35.5. The van der Waals surface area contributed by atoms with Crippen LogP contribution in [0, 0.1) is 0 Å². The van der Waals surface area contributed by atoms with E-state index in [0.29, 0.717) is 33.6 Å². The fraction of sp³-hybridized carbons (Fsp3) is 0. The number of para-hydroxylation sites is 1. The molecule has 0 aliphatic heterocycles. The Morgan fingerprint density at radius 1 is 1.04 bits per heavy atom. The molecule has 26 heavy (non-hydrogen) atoms. The zero-order valence-corrected chi connectivity index (χ0v) is 14.9. The fourth-order valence-electron chi connectivity index (χ4n) is 2.41. The molecule has 4 rings (SSSR count). The van der Waals surface area contributed by atoms with Crippen molar-refractivity contribution in [2.45, 2.75) is 0 Å². The molecule has 0 unspecified atom stereocenters. The Morgan fingerprint density at radius 3 is 2.62 bits per heavy atom. The van der Waals surface area contributed by atoms with Crippen molar-refractivity contribution in [1.82, 2.24) is 10.1 Å². The zero-order valence-electron chi connectivity index (χ0n) is 13.3. The van der Waals surface area contributed by atoms with E-state index in [2.05, 4.69) is 15.5 Å². The van der Waals surface area contributed by atoms with Crippen molar-refractivity contribution in [2.75, 3.05) is 5.32 Å². The summed E-state index contributed by atoms with van der Waals surface area (Å²) < 4.78 is 5.39. The number of carbonyl (C=O) groups is 1. The maximum atomic E-state index is 12.5. The molecule has 0 radical (unpaired) electrons. The average molecular weight is 382 g/mol. The average Bonchev–Trinajstić information content (AvgIpc) is 3.34. The topological polar surface area (TPSA) is 68.0 Å². The molecule has 7 heteroatoms. The smallest absolute Gasteiger partial charge is 0.260 e.